The van der Waals surface area contributed by atoms with E-state index in [4.69, 9.17) is 16.3 Å². The zero-order valence-electron chi connectivity index (χ0n) is 10.6. The third-order valence-electron chi connectivity index (χ3n) is 2.46. The van der Waals surface area contributed by atoms with Gasteiger partial charge in [0.1, 0.15) is 23.4 Å². The fraction of sp³-hybridized carbons (Fsp3) is 0.231. The molecular formula is C13H13ClFN3O. The molecule has 6 heteroatoms. The molecule has 19 heavy (non-hydrogen) atoms. The molecule has 0 spiro atoms. The van der Waals surface area contributed by atoms with Gasteiger partial charge in [0.2, 0.25) is 0 Å². The molecule has 2 rings (SSSR count). The number of rotatable bonds is 4. The molecule has 1 N–H and O–H groups in total. The van der Waals surface area contributed by atoms with Gasteiger partial charge in [-0.05, 0) is 24.6 Å². The molecule has 100 valence electrons. The van der Waals surface area contributed by atoms with Gasteiger partial charge in [0.05, 0.1) is 0 Å². The predicted molar refractivity (Wildman–Crippen MR) is 72.2 cm³/mol. The zero-order chi connectivity index (χ0) is 13.8. The standard InChI is InChI=1S/C13H13ClFN3O/c1-8-3-4-9(5-10(8)15)16-12-6-11(14)17-13(18-12)7-19-2/h3-6H,7H2,1-2H3,(H,16,17,18). The van der Waals surface area contributed by atoms with Crippen LogP contribution in [-0.4, -0.2) is 17.1 Å². The van der Waals surface area contributed by atoms with Gasteiger partial charge in [0.25, 0.3) is 0 Å². The van der Waals surface area contributed by atoms with Crippen molar-refractivity contribution < 1.29 is 9.13 Å². The van der Waals surface area contributed by atoms with Crippen LogP contribution in [0.1, 0.15) is 11.4 Å². The van der Waals surface area contributed by atoms with E-state index in [1.54, 1.807) is 32.2 Å². The van der Waals surface area contributed by atoms with Gasteiger partial charge in [-0.25, -0.2) is 14.4 Å². The summed E-state index contributed by atoms with van der Waals surface area (Å²) in [5.74, 6) is 0.683. The van der Waals surface area contributed by atoms with Crippen LogP contribution in [0.2, 0.25) is 5.15 Å². The second-order valence-corrected chi connectivity index (χ2v) is 4.40. The maximum Gasteiger partial charge on any atom is 0.158 e. The Kier molecular flexibility index (Phi) is 4.29. The van der Waals surface area contributed by atoms with Crippen LogP contribution in [0.15, 0.2) is 24.3 Å². The number of methoxy groups -OCH3 is 1. The van der Waals surface area contributed by atoms with Crippen LogP contribution in [0.3, 0.4) is 0 Å². The van der Waals surface area contributed by atoms with Gasteiger partial charge < -0.3 is 10.1 Å². The Morgan fingerprint density at radius 2 is 2.11 bits per heavy atom. The highest BCUT2D eigenvalue weighted by Gasteiger charge is 2.05. The smallest absolute Gasteiger partial charge is 0.158 e. The van der Waals surface area contributed by atoms with Gasteiger partial charge in [0, 0.05) is 18.9 Å². The minimum absolute atomic E-state index is 0.261. The SMILES string of the molecule is COCc1nc(Cl)cc(Nc2ccc(C)c(F)c2)n1. The highest BCUT2D eigenvalue weighted by atomic mass is 35.5. The summed E-state index contributed by atoms with van der Waals surface area (Å²) in [5.41, 5.74) is 1.19. The molecule has 0 radical (unpaired) electrons. The molecule has 0 aliphatic heterocycles. The van der Waals surface area contributed by atoms with Crippen LogP contribution in [0.5, 0.6) is 0 Å². The van der Waals surface area contributed by atoms with E-state index < -0.39 is 0 Å². The zero-order valence-corrected chi connectivity index (χ0v) is 11.3. The minimum Gasteiger partial charge on any atom is -0.377 e. The third kappa shape index (κ3) is 3.62. The molecule has 4 nitrogen and oxygen atoms in total. The Hall–Kier alpha value is -1.72. The van der Waals surface area contributed by atoms with Crippen molar-refractivity contribution in [3.05, 3.63) is 46.6 Å². The Morgan fingerprint density at radius 3 is 2.79 bits per heavy atom. The number of hydrogen-bond acceptors (Lipinski definition) is 4. The fourth-order valence-electron chi connectivity index (χ4n) is 1.54. The van der Waals surface area contributed by atoms with Gasteiger partial charge in [-0.2, -0.15) is 0 Å². The van der Waals surface area contributed by atoms with Crippen molar-refractivity contribution in [1.29, 1.82) is 0 Å². The highest BCUT2D eigenvalue weighted by Crippen LogP contribution is 2.20. The fourth-order valence-corrected chi connectivity index (χ4v) is 1.74. The maximum atomic E-state index is 13.4. The Morgan fingerprint density at radius 1 is 1.32 bits per heavy atom. The lowest BCUT2D eigenvalue weighted by Crippen LogP contribution is -2.02. The van der Waals surface area contributed by atoms with Crippen LogP contribution >= 0.6 is 11.6 Å². The lowest BCUT2D eigenvalue weighted by Gasteiger charge is -2.08. The average molecular weight is 282 g/mol. The number of hydrogen-bond donors (Lipinski definition) is 1. The van der Waals surface area contributed by atoms with Gasteiger partial charge in [-0.1, -0.05) is 17.7 Å². The summed E-state index contributed by atoms with van der Waals surface area (Å²) in [4.78, 5) is 8.23. The van der Waals surface area contributed by atoms with E-state index in [1.165, 1.54) is 6.07 Å². The topological polar surface area (TPSA) is 47.0 Å². The first-order valence-electron chi connectivity index (χ1n) is 5.64. The van der Waals surface area contributed by atoms with Crippen LogP contribution in [0, 0.1) is 12.7 Å². The quantitative estimate of drug-likeness (QED) is 0.872. The van der Waals surface area contributed by atoms with Crippen molar-refractivity contribution in [1.82, 2.24) is 9.97 Å². The molecule has 1 heterocycles. The van der Waals surface area contributed by atoms with Crippen molar-refractivity contribution in [3.63, 3.8) is 0 Å². The highest BCUT2D eigenvalue weighted by molar-refractivity contribution is 6.29. The van der Waals surface area contributed by atoms with Crippen LogP contribution in [-0.2, 0) is 11.3 Å². The maximum absolute atomic E-state index is 13.4. The molecule has 0 fully saturated rings. The van der Waals surface area contributed by atoms with E-state index in [1.807, 2.05) is 0 Å². The molecule has 1 aromatic heterocycles. The third-order valence-corrected chi connectivity index (χ3v) is 2.65. The summed E-state index contributed by atoms with van der Waals surface area (Å²) < 4.78 is 18.4. The normalized spacial score (nSPS) is 10.5. The molecule has 0 unspecified atom stereocenters. The largest absolute Gasteiger partial charge is 0.377 e. The molecule has 0 bridgehead atoms. The van der Waals surface area contributed by atoms with E-state index in [0.29, 0.717) is 28.0 Å². The Labute approximate surface area is 115 Å². The Bertz CT molecular complexity index is 592. The summed E-state index contributed by atoms with van der Waals surface area (Å²) in [6.45, 7) is 1.97. The number of aromatic nitrogens is 2. The number of ether oxygens (including phenoxy) is 1. The van der Waals surface area contributed by atoms with E-state index in [-0.39, 0.29) is 12.4 Å². The molecular weight excluding hydrogens is 269 g/mol. The molecule has 1 aromatic carbocycles. The molecule has 0 saturated heterocycles. The number of halogens is 2. The van der Waals surface area contributed by atoms with Gasteiger partial charge in [-0.3, -0.25) is 0 Å². The first kappa shape index (κ1) is 13.7. The van der Waals surface area contributed by atoms with Crippen LogP contribution in [0.4, 0.5) is 15.9 Å². The summed E-state index contributed by atoms with van der Waals surface area (Å²) in [7, 11) is 1.55. The molecule has 0 aliphatic rings. The van der Waals surface area contributed by atoms with Crippen molar-refractivity contribution in [2.45, 2.75) is 13.5 Å². The van der Waals surface area contributed by atoms with Gasteiger partial charge in [-0.15, -0.1) is 0 Å². The van der Waals surface area contributed by atoms with E-state index in [9.17, 15) is 4.39 Å². The number of nitrogens with zero attached hydrogens (tertiary/aromatic N) is 2. The van der Waals surface area contributed by atoms with E-state index in [2.05, 4.69) is 15.3 Å². The molecule has 0 saturated carbocycles. The molecule has 0 aliphatic carbocycles. The lowest BCUT2D eigenvalue weighted by atomic mass is 10.2. The second kappa shape index (κ2) is 5.95. The summed E-state index contributed by atoms with van der Waals surface area (Å²) in [6.07, 6.45) is 0. The first-order valence-corrected chi connectivity index (χ1v) is 6.02. The predicted octanol–water partition coefficient (Wildman–Crippen LogP) is 3.47. The number of nitrogens with one attached hydrogen (secondary N) is 1. The number of anilines is 2. The molecule has 0 atom stereocenters. The lowest BCUT2D eigenvalue weighted by molar-refractivity contribution is 0.178. The van der Waals surface area contributed by atoms with E-state index >= 15 is 0 Å². The van der Waals surface area contributed by atoms with Gasteiger partial charge in [0.15, 0.2) is 5.82 Å². The summed E-state index contributed by atoms with van der Waals surface area (Å²) in [5, 5.41) is 3.28. The average Bonchev–Trinajstić information content (AvgIpc) is 2.33. The van der Waals surface area contributed by atoms with E-state index in [0.717, 1.165) is 0 Å². The van der Waals surface area contributed by atoms with Crippen molar-refractivity contribution in [3.8, 4) is 0 Å². The summed E-state index contributed by atoms with van der Waals surface area (Å²) >= 11 is 5.89. The Balaban J connectivity index is 2.24. The van der Waals surface area contributed by atoms with Crippen LogP contribution in [0.25, 0.3) is 0 Å². The van der Waals surface area contributed by atoms with Crippen molar-refractivity contribution >= 4 is 23.1 Å². The molecule has 2 aromatic rings. The minimum atomic E-state index is -0.276. The van der Waals surface area contributed by atoms with Gasteiger partial charge >= 0.3 is 0 Å². The number of aryl methyl sites for hydroxylation is 1. The monoisotopic (exact) mass is 281 g/mol. The number of benzene rings is 1. The second-order valence-electron chi connectivity index (χ2n) is 4.01. The van der Waals surface area contributed by atoms with Crippen molar-refractivity contribution in [2.75, 3.05) is 12.4 Å². The van der Waals surface area contributed by atoms with Crippen molar-refractivity contribution in [2.24, 2.45) is 0 Å². The van der Waals surface area contributed by atoms with Crippen LogP contribution < -0.4 is 5.32 Å². The summed E-state index contributed by atoms with van der Waals surface area (Å²) in [6, 6.07) is 6.43. The molecule has 0 amide bonds. The first-order chi connectivity index (χ1) is 9.08.